The van der Waals surface area contributed by atoms with Crippen LogP contribution in [0, 0.1) is 5.92 Å². The number of nitrogens with zero attached hydrogens (tertiary/aromatic N) is 1. The largest absolute Gasteiger partial charge is 0.355 e. The highest BCUT2D eigenvalue weighted by Gasteiger charge is 2.37. The Labute approximate surface area is 147 Å². The second-order valence-electron chi connectivity index (χ2n) is 6.46. The average molecular weight is 347 g/mol. The van der Waals surface area contributed by atoms with Crippen LogP contribution in [0.25, 0.3) is 0 Å². The van der Waals surface area contributed by atoms with Gasteiger partial charge in [-0.2, -0.15) is 0 Å². The molecule has 1 N–H and O–H groups in total. The SMILES string of the molecule is O=C(NCCC1=CCCCC1)[C@@H]1CCN(c2ccc(Cl)cc2)C1=O. The lowest BCUT2D eigenvalue weighted by molar-refractivity contribution is -0.132. The molecule has 1 atom stereocenters. The first-order chi connectivity index (χ1) is 11.6. The Balaban J connectivity index is 1.51. The fraction of sp³-hybridized carbons (Fsp3) is 0.474. The Morgan fingerprint density at radius 1 is 1.25 bits per heavy atom. The maximum Gasteiger partial charge on any atom is 0.239 e. The van der Waals surface area contributed by atoms with Crippen LogP contribution >= 0.6 is 11.6 Å². The number of halogens is 1. The number of carbonyl (C=O) groups excluding carboxylic acids is 2. The first-order valence-electron chi connectivity index (χ1n) is 8.68. The molecular formula is C19H23ClN2O2. The first-order valence-corrected chi connectivity index (χ1v) is 9.05. The molecule has 0 radical (unpaired) electrons. The highest BCUT2D eigenvalue weighted by Crippen LogP contribution is 2.26. The van der Waals surface area contributed by atoms with Crippen LogP contribution in [0.1, 0.15) is 38.5 Å². The Morgan fingerprint density at radius 2 is 2.04 bits per heavy atom. The third-order valence-electron chi connectivity index (χ3n) is 4.79. The van der Waals surface area contributed by atoms with Gasteiger partial charge in [0.25, 0.3) is 0 Å². The van der Waals surface area contributed by atoms with E-state index in [-0.39, 0.29) is 11.8 Å². The quantitative estimate of drug-likeness (QED) is 0.652. The van der Waals surface area contributed by atoms with Crippen LogP contribution in [0.15, 0.2) is 35.9 Å². The van der Waals surface area contributed by atoms with Crippen molar-refractivity contribution in [3.63, 3.8) is 0 Å². The zero-order valence-electron chi connectivity index (χ0n) is 13.8. The number of benzene rings is 1. The summed E-state index contributed by atoms with van der Waals surface area (Å²) in [5, 5.41) is 3.57. The predicted molar refractivity (Wildman–Crippen MR) is 96.1 cm³/mol. The lowest BCUT2D eigenvalue weighted by Crippen LogP contribution is -2.37. The minimum Gasteiger partial charge on any atom is -0.355 e. The summed E-state index contributed by atoms with van der Waals surface area (Å²) in [6, 6.07) is 7.15. The van der Waals surface area contributed by atoms with Gasteiger partial charge in [-0.15, -0.1) is 0 Å². The van der Waals surface area contributed by atoms with Gasteiger partial charge in [0.15, 0.2) is 0 Å². The van der Waals surface area contributed by atoms with E-state index in [0.717, 1.165) is 24.9 Å². The van der Waals surface area contributed by atoms with Crippen LogP contribution in [-0.2, 0) is 9.59 Å². The number of carbonyl (C=O) groups is 2. The molecule has 0 unspecified atom stereocenters. The van der Waals surface area contributed by atoms with Crippen LogP contribution in [0.3, 0.4) is 0 Å². The third-order valence-corrected chi connectivity index (χ3v) is 5.04. The van der Waals surface area contributed by atoms with Gasteiger partial charge in [-0.05, 0) is 62.8 Å². The van der Waals surface area contributed by atoms with Gasteiger partial charge in [0.05, 0.1) is 0 Å². The predicted octanol–water partition coefficient (Wildman–Crippen LogP) is 3.70. The van der Waals surface area contributed by atoms with Gasteiger partial charge in [0.1, 0.15) is 5.92 Å². The fourth-order valence-electron chi connectivity index (χ4n) is 3.40. The zero-order valence-corrected chi connectivity index (χ0v) is 14.5. The fourth-order valence-corrected chi connectivity index (χ4v) is 3.53. The molecule has 0 bridgehead atoms. The zero-order chi connectivity index (χ0) is 16.9. The number of anilines is 1. The van der Waals surface area contributed by atoms with Gasteiger partial charge >= 0.3 is 0 Å². The lowest BCUT2D eigenvalue weighted by atomic mass is 9.97. The smallest absolute Gasteiger partial charge is 0.239 e. The molecule has 1 saturated heterocycles. The van der Waals surface area contributed by atoms with E-state index >= 15 is 0 Å². The summed E-state index contributed by atoms with van der Waals surface area (Å²) in [6.07, 6.45) is 8.56. The number of hydrogen-bond acceptors (Lipinski definition) is 2. The number of nitrogens with one attached hydrogen (secondary N) is 1. The molecule has 128 valence electrons. The van der Waals surface area contributed by atoms with Crippen molar-refractivity contribution in [2.45, 2.75) is 38.5 Å². The van der Waals surface area contributed by atoms with E-state index in [1.165, 1.54) is 18.4 Å². The molecule has 3 rings (SSSR count). The van der Waals surface area contributed by atoms with Gasteiger partial charge in [0.2, 0.25) is 11.8 Å². The van der Waals surface area contributed by atoms with E-state index in [1.54, 1.807) is 17.0 Å². The Morgan fingerprint density at radius 3 is 2.75 bits per heavy atom. The standard InChI is InChI=1S/C19H23ClN2O2/c20-15-6-8-16(9-7-15)22-13-11-17(19(22)24)18(23)21-12-10-14-4-2-1-3-5-14/h4,6-9,17H,1-3,5,10-13H2,(H,21,23)/t17-/m0/s1. The summed E-state index contributed by atoms with van der Waals surface area (Å²) in [6.45, 7) is 1.19. The first kappa shape index (κ1) is 17.0. The summed E-state index contributed by atoms with van der Waals surface area (Å²) >= 11 is 5.88. The number of allylic oxidation sites excluding steroid dienone is 1. The third kappa shape index (κ3) is 3.99. The Bertz CT molecular complexity index is 639. The number of amides is 2. The van der Waals surface area contributed by atoms with Gasteiger partial charge in [-0.1, -0.05) is 23.3 Å². The second kappa shape index (κ2) is 7.84. The van der Waals surface area contributed by atoms with Crippen LogP contribution in [0.2, 0.25) is 5.02 Å². The molecule has 1 aromatic rings. The van der Waals surface area contributed by atoms with E-state index in [1.807, 2.05) is 12.1 Å². The van der Waals surface area contributed by atoms with E-state index in [2.05, 4.69) is 11.4 Å². The molecule has 1 heterocycles. The lowest BCUT2D eigenvalue weighted by Gasteiger charge is -2.17. The highest BCUT2D eigenvalue weighted by atomic mass is 35.5. The Hall–Kier alpha value is -1.81. The summed E-state index contributed by atoms with van der Waals surface area (Å²) in [5.41, 5.74) is 2.23. The molecule has 2 aliphatic rings. The molecule has 1 aliphatic heterocycles. The van der Waals surface area contributed by atoms with E-state index < -0.39 is 5.92 Å². The van der Waals surface area contributed by atoms with Crippen LogP contribution in [0.5, 0.6) is 0 Å². The van der Waals surface area contributed by atoms with Crippen molar-refractivity contribution >= 4 is 29.1 Å². The van der Waals surface area contributed by atoms with Crippen molar-refractivity contribution in [1.29, 1.82) is 0 Å². The molecule has 1 aliphatic carbocycles. The van der Waals surface area contributed by atoms with Crippen LogP contribution in [-0.4, -0.2) is 24.9 Å². The normalized spacial score (nSPS) is 20.9. The topological polar surface area (TPSA) is 49.4 Å². The molecule has 0 saturated carbocycles. The monoisotopic (exact) mass is 346 g/mol. The average Bonchev–Trinajstić information content (AvgIpc) is 2.98. The molecule has 1 aromatic carbocycles. The molecule has 0 spiro atoms. The number of rotatable bonds is 5. The summed E-state index contributed by atoms with van der Waals surface area (Å²) in [5.74, 6) is -0.833. The van der Waals surface area contributed by atoms with Gasteiger partial charge in [-0.3, -0.25) is 9.59 Å². The van der Waals surface area contributed by atoms with E-state index in [4.69, 9.17) is 11.6 Å². The van der Waals surface area contributed by atoms with Crippen molar-refractivity contribution in [3.05, 3.63) is 40.9 Å². The maximum atomic E-state index is 12.5. The highest BCUT2D eigenvalue weighted by molar-refractivity contribution is 6.30. The summed E-state index contributed by atoms with van der Waals surface area (Å²) in [4.78, 5) is 26.5. The molecule has 2 amide bonds. The van der Waals surface area contributed by atoms with E-state index in [9.17, 15) is 9.59 Å². The second-order valence-corrected chi connectivity index (χ2v) is 6.89. The van der Waals surface area contributed by atoms with E-state index in [0.29, 0.717) is 24.5 Å². The van der Waals surface area contributed by atoms with Gasteiger partial charge in [-0.25, -0.2) is 0 Å². The molecule has 24 heavy (non-hydrogen) atoms. The van der Waals surface area contributed by atoms with Crippen LogP contribution in [0.4, 0.5) is 5.69 Å². The molecule has 1 fully saturated rings. The number of hydrogen-bond donors (Lipinski definition) is 1. The summed E-state index contributed by atoms with van der Waals surface area (Å²) < 4.78 is 0. The van der Waals surface area contributed by atoms with Gasteiger partial charge < -0.3 is 10.2 Å². The minimum atomic E-state index is -0.569. The van der Waals surface area contributed by atoms with Crippen molar-refractivity contribution in [2.24, 2.45) is 5.92 Å². The van der Waals surface area contributed by atoms with Crippen molar-refractivity contribution < 1.29 is 9.59 Å². The van der Waals surface area contributed by atoms with Crippen molar-refractivity contribution in [2.75, 3.05) is 18.0 Å². The van der Waals surface area contributed by atoms with Crippen molar-refractivity contribution in [1.82, 2.24) is 5.32 Å². The summed E-state index contributed by atoms with van der Waals surface area (Å²) in [7, 11) is 0. The molecule has 4 nitrogen and oxygen atoms in total. The van der Waals surface area contributed by atoms with Crippen molar-refractivity contribution in [3.8, 4) is 0 Å². The van der Waals surface area contributed by atoms with Gasteiger partial charge in [0, 0.05) is 23.8 Å². The molecular weight excluding hydrogens is 324 g/mol. The van der Waals surface area contributed by atoms with Crippen LogP contribution < -0.4 is 10.2 Å². The Kier molecular flexibility index (Phi) is 5.56. The maximum absolute atomic E-state index is 12.5. The molecule has 5 heteroatoms. The minimum absolute atomic E-state index is 0.119. The molecule has 0 aromatic heterocycles.